The second kappa shape index (κ2) is 5.66. The van der Waals surface area contributed by atoms with E-state index in [0.29, 0.717) is 5.70 Å². The predicted octanol–water partition coefficient (Wildman–Crippen LogP) is 2.33. The van der Waals surface area contributed by atoms with Crippen molar-refractivity contribution < 1.29 is 4.79 Å². The highest BCUT2D eigenvalue weighted by Crippen LogP contribution is 2.10. The highest BCUT2D eigenvalue weighted by molar-refractivity contribution is 7.78. The highest BCUT2D eigenvalue weighted by Gasteiger charge is 2.06. The van der Waals surface area contributed by atoms with Crippen LogP contribution in [0.2, 0.25) is 0 Å². The zero-order valence-corrected chi connectivity index (χ0v) is 8.05. The first-order valence-corrected chi connectivity index (χ1v) is 4.05. The van der Waals surface area contributed by atoms with Gasteiger partial charge in [-0.1, -0.05) is 39.0 Å². The van der Waals surface area contributed by atoms with Gasteiger partial charge in [0.15, 0.2) is 0 Å². The van der Waals surface area contributed by atoms with E-state index in [-0.39, 0.29) is 5.91 Å². The van der Waals surface area contributed by atoms with Crippen molar-refractivity contribution in [1.82, 2.24) is 4.31 Å². The number of carbonyl (C=O) groups is 1. The average molecular weight is 183 g/mol. The summed E-state index contributed by atoms with van der Waals surface area (Å²) in [4.78, 5) is 11.0. The fourth-order valence-corrected chi connectivity index (χ4v) is 0.924. The van der Waals surface area contributed by atoms with Gasteiger partial charge < -0.3 is 0 Å². The summed E-state index contributed by atoms with van der Waals surface area (Å²) in [6, 6.07) is 0. The van der Waals surface area contributed by atoms with Gasteiger partial charge in [0, 0.05) is 0 Å². The molecule has 2 nitrogen and oxygen atoms in total. The normalized spacial score (nSPS) is 10.7. The van der Waals surface area contributed by atoms with E-state index < -0.39 is 0 Å². The van der Waals surface area contributed by atoms with Crippen molar-refractivity contribution in [3.63, 3.8) is 0 Å². The molecule has 0 aliphatic heterocycles. The van der Waals surface area contributed by atoms with Gasteiger partial charge in [0.2, 0.25) is 0 Å². The predicted molar refractivity (Wildman–Crippen MR) is 54.6 cm³/mol. The molecule has 0 bridgehead atoms. The van der Waals surface area contributed by atoms with Crippen molar-refractivity contribution in [3.8, 4) is 0 Å². The van der Waals surface area contributed by atoms with Crippen molar-refractivity contribution in [1.29, 1.82) is 0 Å². The van der Waals surface area contributed by atoms with E-state index in [1.54, 1.807) is 6.08 Å². The molecule has 0 aliphatic rings. The third kappa shape index (κ3) is 2.96. The summed E-state index contributed by atoms with van der Waals surface area (Å²) in [5.74, 6) is -0.252. The van der Waals surface area contributed by atoms with Gasteiger partial charge in [-0.3, -0.25) is 9.10 Å². The third-order valence-corrected chi connectivity index (χ3v) is 1.68. The Kier molecular flexibility index (Phi) is 5.21. The lowest BCUT2D eigenvalue weighted by atomic mass is 10.3. The first-order chi connectivity index (χ1) is 5.67. The first kappa shape index (κ1) is 11.0. The van der Waals surface area contributed by atoms with Gasteiger partial charge >= 0.3 is 0 Å². The molecule has 12 heavy (non-hydrogen) atoms. The number of thiol groups is 1. The molecule has 0 aromatic carbocycles. The summed E-state index contributed by atoms with van der Waals surface area (Å²) < 4.78 is 1.21. The van der Waals surface area contributed by atoms with Crippen LogP contribution < -0.4 is 0 Å². The fourth-order valence-electron chi connectivity index (χ4n) is 0.679. The molecular formula is C9H13NOS. The fraction of sp³-hybridized carbons (Fsp3) is 0.222. The Balaban J connectivity index is 4.51. The van der Waals surface area contributed by atoms with Crippen LogP contribution in [0.3, 0.4) is 0 Å². The van der Waals surface area contributed by atoms with E-state index in [2.05, 4.69) is 26.0 Å². The minimum atomic E-state index is -0.252. The molecule has 0 fully saturated rings. The van der Waals surface area contributed by atoms with Crippen LogP contribution in [-0.4, -0.2) is 10.2 Å². The zero-order chi connectivity index (χ0) is 9.56. The van der Waals surface area contributed by atoms with E-state index in [0.717, 1.165) is 6.42 Å². The minimum Gasteiger partial charge on any atom is -0.268 e. The molecule has 0 rings (SSSR count). The van der Waals surface area contributed by atoms with Gasteiger partial charge in [0.05, 0.1) is 5.70 Å². The smallest absolute Gasteiger partial charge is 0.260 e. The number of rotatable bonds is 4. The second-order valence-electron chi connectivity index (χ2n) is 2.10. The number of amides is 1. The summed E-state index contributed by atoms with van der Waals surface area (Å²) >= 11 is 3.99. The number of allylic oxidation sites excluding steroid dienone is 2. The molecule has 0 radical (unpaired) electrons. The summed E-state index contributed by atoms with van der Waals surface area (Å²) in [6.45, 7) is 8.90. The van der Waals surface area contributed by atoms with Crippen molar-refractivity contribution in [2.45, 2.75) is 13.3 Å². The van der Waals surface area contributed by atoms with Gasteiger partial charge in [0.1, 0.15) is 0 Å². The molecule has 0 aliphatic carbocycles. The maximum atomic E-state index is 11.0. The van der Waals surface area contributed by atoms with Crippen LogP contribution in [-0.2, 0) is 4.79 Å². The average Bonchev–Trinajstić information content (AvgIpc) is 2.11. The van der Waals surface area contributed by atoms with Gasteiger partial charge in [-0.15, -0.1) is 0 Å². The standard InChI is InChI=1S/C9H13NOS/c1-4-7-8(5-2)10(12)9(11)6-3/h5-7,12H,2-4H2,1H3/b8-7-. The molecule has 0 unspecified atom stereocenters. The molecule has 66 valence electrons. The molecule has 0 heterocycles. The summed E-state index contributed by atoms with van der Waals surface area (Å²) in [7, 11) is 0. The molecule has 3 heteroatoms. The quantitative estimate of drug-likeness (QED) is 0.403. The Morgan fingerprint density at radius 1 is 1.50 bits per heavy atom. The summed E-state index contributed by atoms with van der Waals surface area (Å²) in [5, 5.41) is 0. The van der Waals surface area contributed by atoms with E-state index >= 15 is 0 Å². The highest BCUT2D eigenvalue weighted by atomic mass is 32.1. The monoisotopic (exact) mass is 183 g/mol. The summed E-state index contributed by atoms with van der Waals surface area (Å²) in [5.41, 5.74) is 0.686. The topological polar surface area (TPSA) is 20.3 Å². The first-order valence-electron chi connectivity index (χ1n) is 3.65. The van der Waals surface area contributed by atoms with Crippen molar-refractivity contribution in [2.24, 2.45) is 0 Å². The van der Waals surface area contributed by atoms with Crippen LogP contribution in [0.5, 0.6) is 0 Å². The Bertz CT molecular complexity index is 221. The Labute approximate surface area is 78.8 Å². The summed E-state index contributed by atoms with van der Waals surface area (Å²) in [6.07, 6.45) is 5.49. The van der Waals surface area contributed by atoms with Crippen LogP contribution in [0, 0.1) is 0 Å². The number of hydrogen-bond donors (Lipinski definition) is 1. The lowest BCUT2D eigenvalue weighted by molar-refractivity contribution is -0.119. The minimum absolute atomic E-state index is 0.252. The lowest BCUT2D eigenvalue weighted by Crippen LogP contribution is -2.17. The van der Waals surface area contributed by atoms with Crippen LogP contribution in [0.1, 0.15) is 13.3 Å². The van der Waals surface area contributed by atoms with Crippen LogP contribution in [0.15, 0.2) is 37.1 Å². The SMILES string of the molecule is C=CC(=O)N(S)/C(C=C)=C\CC. The molecule has 0 spiro atoms. The number of carbonyl (C=O) groups excluding carboxylic acids is 1. The molecule has 0 saturated carbocycles. The van der Waals surface area contributed by atoms with Crippen LogP contribution >= 0.6 is 12.8 Å². The van der Waals surface area contributed by atoms with E-state index in [1.165, 1.54) is 10.4 Å². The van der Waals surface area contributed by atoms with E-state index in [9.17, 15) is 4.79 Å². The van der Waals surface area contributed by atoms with Gasteiger partial charge in [0.25, 0.3) is 5.91 Å². The Morgan fingerprint density at radius 2 is 2.08 bits per heavy atom. The Hall–Kier alpha value is -0.960. The molecule has 1 amide bonds. The van der Waals surface area contributed by atoms with E-state index in [1.807, 2.05) is 13.0 Å². The van der Waals surface area contributed by atoms with Crippen LogP contribution in [0.4, 0.5) is 0 Å². The maximum absolute atomic E-state index is 11.0. The van der Waals surface area contributed by atoms with Gasteiger partial charge in [-0.25, -0.2) is 0 Å². The number of nitrogens with zero attached hydrogens (tertiary/aromatic N) is 1. The van der Waals surface area contributed by atoms with Gasteiger partial charge in [-0.2, -0.15) is 0 Å². The van der Waals surface area contributed by atoms with Crippen molar-refractivity contribution in [3.05, 3.63) is 37.1 Å². The number of hydrogen-bond acceptors (Lipinski definition) is 2. The van der Waals surface area contributed by atoms with Crippen molar-refractivity contribution in [2.75, 3.05) is 0 Å². The molecular weight excluding hydrogens is 170 g/mol. The maximum Gasteiger partial charge on any atom is 0.260 e. The molecule has 0 saturated heterocycles. The van der Waals surface area contributed by atoms with Crippen molar-refractivity contribution >= 4 is 18.7 Å². The largest absolute Gasteiger partial charge is 0.268 e. The lowest BCUT2D eigenvalue weighted by Gasteiger charge is -2.13. The van der Waals surface area contributed by atoms with Gasteiger partial charge in [-0.05, 0) is 18.6 Å². The molecule has 0 N–H and O–H groups in total. The Morgan fingerprint density at radius 3 is 2.42 bits per heavy atom. The van der Waals surface area contributed by atoms with E-state index in [4.69, 9.17) is 0 Å². The zero-order valence-electron chi connectivity index (χ0n) is 7.16. The molecule has 0 aromatic heterocycles. The third-order valence-electron chi connectivity index (χ3n) is 1.25. The van der Waals surface area contributed by atoms with Crippen LogP contribution in [0.25, 0.3) is 0 Å². The molecule has 0 atom stereocenters. The second-order valence-corrected chi connectivity index (χ2v) is 2.50. The molecule has 0 aromatic rings.